The molecule has 1 amide bonds. The molecule has 0 saturated carbocycles. The maximum atomic E-state index is 12.6. The van der Waals surface area contributed by atoms with Gasteiger partial charge in [-0.2, -0.15) is 0 Å². The van der Waals surface area contributed by atoms with Crippen LogP contribution in [-0.2, 0) is 16.0 Å². The molecule has 27 heavy (non-hydrogen) atoms. The number of nitrogens with zero attached hydrogens (tertiary/aromatic N) is 2. The monoisotopic (exact) mass is 374 g/mol. The molecule has 1 saturated heterocycles. The van der Waals surface area contributed by atoms with Gasteiger partial charge in [0.2, 0.25) is 5.91 Å². The van der Waals surface area contributed by atoms with Crippen LogP contribution in [0.2, 0.25) is 0 Å². The van der Waals surface area contributed by atoms with E-state index in [1.807, 2.05) is 24.0 Å². The number of methoxy groups -OCH3 is 1. The molecule has 1 heterocycles. The number of carbonyl (C=O) groups is 2. The van der Waals surface area contributed by atoms with Crippen LogP contribution in [0.15, 0.2) is 18.2 Å². The molecule has 0 radical (unpaired) electrons. The molecule has 0 unspecified atom stereocenters. The molecule has 1 fully saturated rings. The van der Waals surface area contributed by atoms with Gasteiger partial charge in [0, 0.05) is 32.6 Å². The van der Waals surface area contributed by atoms with Gasteiger partial charge in [-0.05, 0) is 55.0 Å². The zero-order valence-electron chi connectivity index (χ0n) is 17.5. The van der Waals surface area contributed by atoms with Crippen LogP contribution in [0, 0.1) is 12.3 Å². The highest BCUT2D eigenvalue weighted by Gasteiger charge is 2.22. The average molecular weight is 375 g/mol. The van der Waals surface area contributed by atoms with Gasteiger partial charge in [-0.3, -0.25) is 9.69 Å². The maximum Gasteiger partial charge on any atom is 0.337 e. The SMILES string of the molecule is COC(=O)c1ccc(CCC(=O)N2CCN(CCC(C)(C)C)CC2)c(C)c1. The van der Waals surface area contributed by atoms with Crippen LogP contribution in [0.25, 0.3) is 0 Å². The number of benzene rings is 1. The lowest BCUT2D eigenvalue weighted by atomic mass is 9.92. The number of hydrogen-bond acceptors (Lipinski definition) is 4. The van der Waals surface area contributed by atoms with E-state index in [4.69, 9.17) is 4.74 Å². The number of carbonyl (C=O) groups excluding carboxylic acids is 2. The third kappa shape index (κ3) is 6.65. The van der Waals surface area contributed by atoms with Crippen LogP contribution < -0.4 is 0 Å². The van der Waals surface area contributed by atoms with E-state index in [1.165, 1.54) is 13.5 Å². The molecule has 5 heteroatoms. The Morgan fingerprint density at radius 1 is 1.11 bits per heavy atom. The number of aryl methyl sites for hydroxylation is 2. The number of rotatable bonds is 6. The molecule has 0 atom stereocenters. The van der Waals surface area contributed by atoms with E-state index in [-0.39, 0.29) is 11.9 Å². The first kappa shape index (κ1) is 21.4. The minimum absolute atomic E-state index is 0.224. The summed E-state index contributed by atoms with van der Waals surface area (Å²) >= 11 is 0. The van der Waals surface area contributed by atoms with Crippen molar-refractivity contribution in [3.05, 3.63) is 34.9 Å². The van der Waals surface area contributed by atoms with Gasteiger partial charge >= 0.3 is 5.97 Å². The average Bonchev–Trinajstić information content (AvgIpc) is 2.64. The van der Waals surface area contributed by atoms with E-state index < -0.39 is 0 Å². The summed E-state index contributed by atoms with van der Waals surface area (Å²) in [6.45, 7) is 13.5. The predicted molar refractivity (Wildman–Crippen MR) is 108 cm³/mol. The highest BCUT2D eigenvalue weighted by molar-refractivity contribution is 5.89. The molecule has 5 nitrogen and oxygen atoms in total. The third-order valence-electron chi connectivity index (χ3n) is 5.27. The molecule has 1 aromatic rings. The molecule has 1 aromatic carbocycles. The lowest BCUT2D eigenvalue weighted by Gasteiger charge is -2.36. The molecule has 0 N–H and O–H groups in total. The smallest absolute Gasteiger partial charge is 0.337 e. The molecular weight excluding hydrogens is 340 g/mol. The minimum atomic E-state index is -0.329. The molecule has 0 bridgehead atoms. The molecule has 2 rings (SSSR count). The number of amides is 1. The van der Waals surface area contributed by atoms with Crippen molar-refractivity contribution in [3.8, 4) is 0 Å². The van der Waals surface area contributed by atoms with E-state index in [0.29, 0.717) is 23.8 Å². The second-order valence-electron chi connectivity index (χ2n) is 8.67. The Morgan fingerprint density at radius 2 is 1.78 bits per heavy atom. The van der Waals surface area contributed by atoms with Crippen LogP contribution >= 0.6 is 0 Å². The number of esters is 1. The third-order valence-corrected chi connectivity index (χ3v) is 5.27. The Hall–Kier alpha value is -1.88. The fourth-order valence-electron chi connectivity index (χ4n) is 3.34. The Balaban J connectivity index is 1.79. The summed E-state index contributed by atoms with van der Waals surface area (Å²) < 4.78 is 4.75. The van der Waals surface area contributed by atoms with Gasteiger partial charge in [0.15, 0.2) is 0 Å². The van der Waals surface area contributed by atoms with Crippen molar-refractivity contribution in [2.45, 2.75) is 47.0 Å². The molecule has 0 aromatic heterocycles. The summed E-state index contributed by atoms with van der Waals surface area (Å²) in [7, 11) is 1.38. The lowest BCUT2D eigenvalue weighted by molar-refractivity contribution is -0.132. The molecule has 0 spiro atoms. The van der Waals surface area contributed by atoms with Gasteiger partial charge in [-0.1, -0.05) is 26.8 Å². The number of ether oxygens (including phenoxy) is 1. The zero-order chi connectivity index (χ0) is 20.0. The molecule has 1 aliphatic heterocycles. The summed E-state index contributed by atoms with van der Waals surface area (Å²) in [5.41, 5.74) is 3.04. The van der Waals surface area contributed by atoms with Gasteiger partial charge in [-0.25, -0.2) is 4.79 Å². The van der Waals surface area contributed by atoms with Gasteiger partial charge in [-0.15, -0.1) is 0 Å². The van der Waals surface area contributed by atoms with Crippen LogP contribution in [-0.4, -0.2) is 61.5 Å². The van der Waals surface area contributed by atoms with E-state index in [0.717, 1.165) is 43.9 Å². The van der Waals surface area contributed by atoms with Crippen LogP contribution in [0.4, 0.5) is 0 Å². The highest BCUT2D eigenvalue weighted by Crippen LogP contribution is 2.19. The first-order valence-electron chi connectivity index (χ1n) is 9.87. The van der Waals surface area contributed by atoms with Gasteiger partial charge < -0.3 is 9.64 Å². The summed E-state index contributed by atoms with van der Waals surface area (Å²) in [6, 6.07) is 5.53. The maximum absolute atomic E-state index is 12.6. The highest BCUT2D eigenvalue weighted by atomic mass is 16.5. The van der Waals surface area contributed by atoms with Gasteiger partial charge in [0.05, 0.1) is 12.7 Å². The second kappa shape index (κ2) is 9.36. The summed E-state index contributed by atoms with van der Waals surface area (Å²) in [5.74, 6) is -0.105. The Morgan fingerprint density at radius 3 is 2.33 bits per heavy atom. The normalized spacial score (nSPS) is 15.7. The molecule has 1 aliphatic rings. The van der Waals surface area contributed by atoms with Crippen LogP contribution in [0.3, 0.4) is 0 Å². The molecule has 150 valence electrons. The molecule has 0 aliphatic carbocycles. The van der Waals surface area contributed by atoms with Crippen molar-refractivity contribution in [1.82, 2.24) is 9.80 Å². The summed E-state index contributed by atoms with van der Waals surface area (Å²) in [4.78, 5) is 28.6. The van der Waals surface area contributed by atoms with Crippen molar-refractivity contribution in [3.63, 3.8) is 0 Å². The van der Waals surface area contributed by atoms with Crippen LogP contribution in [0.1, 0.15) is 55.1 Å². The largest absolute Gasteiger partial charge is 0.465 e. The first-order valence-corrected chi connectivity index (χ1v) is 9.87. The van der Waals surface area contributed by atoms with E-state index in [1.54, 1.807) is 6.07 Å². The molecular formula is C22H34N2O3. The van der Waals surface area contributed by atoms with Crippen molar-refractivity contribution in [2.75, 3.05) is 39.8 Å². The summed E-state index contributed by atoms with van der Waals surface area (Å²) in [6.07, 6.45) is 2.40. The standard InChI is InChI=1S/C22H34N2O3/c1-17-16-19(21(26)27-5)7-6-18(17)8-9-20(25)24-14-12-23(13-15-24)11-10-22(2,3)4/h6-7,16H,8-15H2,1-5H3. The quantitative estimate of drug-likeness (QED) is 0.717. The fourth-order valence-corrected chi connectivity index (χ4v) is 3.34. The second-order valence-corrected chi connectivity index (χ2v) is 8.67. The Bertz CT molecular complexity index is 656. The minimum Gasteiger partial charge on any atom is -0.465 e. The number of piperazine rings is 1. The van der Waals surface area contributed by atoms with Crippen molar-refractivity contribution >= 4 is 11.9 Å². The van der Waals surface area contributed by atoms with E-state index >= 15 is 0 Å². The van der Waals surface area contributed by atoms with Crippen molar-refractivity contribution < 1.29 is 14.3 Å². The zero-order valence-corrected chi connectivity index (χ0v) is 17.5. The topological polar surface area (TPSA) is 49.9 Å². The van der Waals surface area contributed by atoms with E-state index in [2.05, 4.69) is 25.7 Å². The Labute approximate surface area is 163 Å². The number of hydrogen-bond donors (Lipinski definition) is 0. The van der Waals surface area contributed by atoms with Gasteiger partial charge in [0.1, 0.15) is 0 Å². The fraction of sp³-hybridized carbons (Fsp3) is 0.636. The Kier molecular flexibility index (Phi) is 7.42. The van der Waals surface area contributed by atoms with Crippen LogP contribution in [0.5, 0.6) is 0 Å². The van der Waals surface area contributed by atoms with E-state index in [9.17, 15) is 9.59 Å². The lowest BCUT2D eigenvalue weighted by Crippen LogP contribution is -2.49. The predicted octanol–water partition coefficient (Wildman–Crippen LogP) is 3.29. The van der Waals surface area contributed by atoms with Crippen molar-refractivity contribution in [2.24, 2.45) is 5.41 Å². The summed E-state index contributed by atoms with van der Waals surface area (Å²) in [5, 5.41) is 0. The van der Waals surface area contributed by atoms with Crippen molar-refractivity contribution in [1.29, 1.82) is 0 Å². The first-order chi connectivity index (χ1) is 12.7. The van der Waals surface area contributed by atoms with Gasteiger partial charge in [0.25, 0.3) is 0 Å².